The third kappa shape index (κ3) is 1.93. The van der Waals surface area contributed by atoms with Crippen molar-refractivity contribution >= 4 is 5.71 Å². The molecule has 4 saturated carbocycles. The van der Waals surface area contributed by atoms with E-state index in [0.29, 0.717) is 10.8 Å². The molecule has 0 aromatic heterocycles. The molecule has 4 aliphatic carbocycles. The summed E-state index contributed by atoms with van der Waals surface area (Å²) in [5, 5.41) is 12.7. The van der Waals surface area contributed by atoms with Gasteiger partial charge in [-0.25, -0.2) is 0 Å². The lowest BCUT2D eigenvalue weighted by atomic mass is 9.45. The van der Waals surface area contributed by atoms with Gasteiger partial charge in [0.05, 0.1) is 5.71 Å². The van der Waals surface area contributed by atoms with Crippen molar-refractivity contribution < 1.29 is 5.21 Å². The molecule has 2 nitrogen and oxygen atoms in total. The van der Waals surface area contributed by atoms with Crippen LogP contribution >= 0.6 is 0 Å². The second kappa shape index (κ2) is 4.73. The van der Waals surface area contributed by atoms with Crippen LogP contribution in [0.3, 0.4) is 0 Å². The lowest BCUT2D eigenvalue weighted by Gasteiger charge is -2.60. The van der Waals surface area contributed by atoms with Crippen LogP contribution in [0.25, 0.3) is 0 Å². The van der Waals surface area contributed by atoms with E-state index >= 15 is 0 Å². The molecule has 0 spiro atoms. The van der Waals surface area contributed by atoms with Crippen molar-refractivity contribution in [3.63, 3.8) is 0 Å². The minimum atomic E-state index is 0.529. The Morgan fingerprint density at radius 2 is 1.86 bits per heavy atom. The number of oxime groups is 1. The van der Waals surface area contributed by atoms with Crippen molar-refractivity contribution in [2.45, 2.75) is 78.1 Å². The van der Waals surface area contributed by atoms with Gasteiger partial charge in [0.25, 0.3) is 0 Å². The Kier molecular flexibility index (Phi) is 3.17. The molecule has 1 N–H and O–H groups in total. The van der Waals surface area contributed by atoms with Crippen LogP contribution in [-0.4, -0.2) is 10.9 Å². The summed E-state index contributed by atoms with van der Waals surface area (Å²) in [5.74, 6) is 3.75. The van der Waals surface area contributed by atoms with Gasteiger partial charge < -0.3 is 5.21 Å². The topological polar surface area (TPSA) is 32.6 Å². The minimum absolute atomic E-state index is 0.529. The Labute approximate surface area is 129 Å². The zero-order valence-corrected chi connectivity index (χ0v) is 13.8. The fourth-order valence-electron chi connectivity index (χ4n) is 7.14. The lowest BCUT2D eigenvalue weighted by molar-refractivity contribution is -0.0921. The summed E-state index contributed by atoms with van der Waals surface area (Å²) >= 11 is 0. The average Bonchev–Trinajstić information content (AvgIpc) is 2.88. The van der Waals surface area contributed by atoms with E-state index in [1.807, 2.05) is 0 Å². The predicted octanol–water partition coefficient (Wildman–Crippen LogP) is 5.25. The Morgan fingerprint density at radius 1 is 1.00 bits per heavy atom. The van der Waals surface area contributed by atoms with Gasteiger partial charge in [-0.05, 0) is 92.3 Å². The Bertz CT molecular complexity index is 458. The number of fused-ring (bicyclic) bond motifs is 5. The van der Waals surface area contributed by atoms with Crippen molar-refractivity contribution in [1.82, 2.24) is 0 Å². The number of hydrogen-bond acceptors (Lipinski definition) is 2. The van der Waals surface area contributed by atoms with E-state index < -0.39 is 0 Å². The molecule has 0 amide bonds. The zero-order valence-electron chi connectivity index (χ0n) is 13.8. The monoisotopic (exact) mass is 289 g/mol. The molecule has 0 unspecified atom stereocenters. The van der Waals surface area contributed by atoms with Gasteiger partial charge in [0, 0.05) is 0 Å². The average molecular weight is 289 g/mol. The molecule has 0 aromatic carbocycles. The summed E-state index contributed by atoms with van der Waals surface area (Å²) in [4.78, 5) is 0. The van der Waals surface area contributed by atoms with Gasteiger partial charge in [0.1, 0.15) is 0 Å². The second-order valence-corrected chi connectivity index (χ2v) is 9.11. The van der Waals surface area contributed by atoms with Crippen LogP contribution < -0.4 is 0 Å². The molecule has 0 saturated heterocycles. The van der Waals surface area contributed by atoms with Crippen molar-refractivity contribution in [1.29, 1.82) is 0 Å². The highest BCUT2D eigenvalue weighted by Crippen LogP contribution is 2.65. The van der Waals surface area contributed by atoms with Crippen LogP contribution in [0.15, 0.2) is 5.16 Å². The van der Waals surface area contributed by atoms with Gasteiger partial charge in [-0.3, -0.25) is 0 Å². The zero-order chi connectivity index (χ0) is 14.7. The highest BCUT2D eigenvalue weighted by Gasteiger charge is 2.57. The standard InChI is InChI=1S/C19H31NO/c1-18-9-3-4-16(18)15-6-5-13-12-14(20-21)7-11-19(13,2)17(15)8-10-18/h13,15-17,21H,3-12H2,1-2H3/b20-14-/t13-,15-,16+,17-,18+,19-/m0/s1. The first-order valence-electron chi connectivity index (χ1n) is 9.27. The van der Waals surface area contributed by atoms with E-state index in [-0.39, 0.29) is 0 Å². The largest absolute Gasteiger partial charge is 0.411 e. The second-order valence-electron chi connectivity index (χ2n) is 9.11. The van der Waals surface area contributed by atoms with Gasteiger partial charge in [-0.15, -0.1) is 0 Å². The maximum atomic E-state index is 9.14. The van der Waals surface area contributed by atoms with Crippen LogP contribution in [0.2, 0.25) is 0 Å². The highest BCUT2D eigenvalue weighted by molar-refractivity contribution is 5.85. The summed E-state index contributed by atoms with van der Waals surface area (Å²) in [5.41, 5.74) is 2.27. The van der Waals surface area contributed by atoms with E-state index in [9.17, 15) is 0 Å². The molecule has 0 bridgehead atoms. The molecule has 4 rings (SSSR count). The summed E-state index contributed by atoms with van der Waals surface area (Å²) in [6.45, 7) is 5.17. The minimum Gasteiger partial charge on any atom is -0.411 e. The quantitative estimate of drug-likeness (QED) is 0.479. The fourth-order valence-corrected chi connectivity index (χ4v) is 7.14. The van der Waals surface area contributed by atoms with Crippen molar-refractivity contribution in [2.75, 3.05) is 0 Å². The highest BCUT2D eigenvalue weighted by atomic mass is 16.4. The van der Waals surface area contributed by atoms with Crippen LogP contribution in [-0.2, 0) is 0 Å². The molecule has 0 heterocycles. The van der Waals surface area contributed by atoms with E-state index in [1.165, 1.54) is 51.4 Å². The molecular weight excluding hydrogens is 258 g/mol. The van der Waals surface area contributed by atoms with Crippen LogP contribution in [0.5, 0.6) is 0 Å². The first kappa shape index (κ1) is 14.1. The summed E-state index contributed by atoms with van der Waals surface area (Å²) < 4.78 is 0. The maximum Gasteiger partial charge on any atom is 0.0574 e. The van der Waals surface area contributed by atoms with Crippen molar-refractivity contribution in [3.05, 3.63) is 0 Å². The first-order valence-corrected chi connectivity index (χ1v) is 9.27. The third-order valence-corrected chi connectivity index (χ3v) is 8.42. The predicted molar refractivity (Wildman–Crippen MR) is 85.6 cm³/mol. The Morgan fingerprint density at radius 3 is 2.67 bits per heavy atom. The summed E-state index contributed by atoms with van der Waals surface area (Å²) in [6.07, 6.45) is 13.6. The molecule has 0 radical (unpaired) electrons. The van der Waals surface area contributed by atoms with Gasteiger partial charge >= 0.3 is 0 Å². The fraction of sp³-hybridized carbons (Fsp3) is 0.947. The van der Waals surface area contributed by atoms with Crippen molar-refractivity contribution in [2.24, 2.45) is 39.7 Å². The van der Waals surface area contributed by atoms with Gasteiger partial charge in [0.15, 0.2) is 0 Å². The molecule has 0 aliphatic heterocycles. The molecule has 0 aromatic rings. The number of rotatable bonds is 0. The molecule has 118 valence electrons. The molecular formula is C19H31NO. The normalized spacial score (nSPS) is 54.9. The lowest BCUT2D eigenvalue weighted by Crippen LogP contribution is -2.52. The Hall–Kier alpha value is -0.530. The van der Waals surface area contributed by atoms with Crippen molar-refractivity contribution in [3.8, 4) is 0 Å². The molecule has 4 fully saturated rings. The third-order valence-electron chi connectivity index (χ3n) is 8.42. The van der Waals surface area contributed by atoms with E-state index in [1.54, 1.807) is 0 Å². The van der Waals surface area contributed by atoms with Crippen LogP contribution in [0, 0.1) is 34.5 Å². The Balaban J connectivity index is 1.61. The molecule has 2 heteroatoms. The van der Waals surface area contributed by atoms with Crippen LogP contribution in [0.4, 0.5) is 0 Å². The first-order chi connectivity index (χ1) is 10.1. The number of nitrogens with zero attached hydrogens (tertiary/aromatic N) is 1. The smallest absolute Gasteiger partial charge is 0.0574 e. The maximum absolute atomic E-state index is 9.14. The molecule has 6 atom stereocenters. The molecule has 4 aliphatic rings. The van der Waals surface area contributed by atoms with E-state index in [2.05, 4.69) is 19.0 Å². The van der Waals surface area contributed by atoms with E-state index in [4.69, 9.17) is 5.21 Å². The SMILES string of the molecule is C[C@]12CCC[C@@H]1[C@@H]1CC[C@H]3C/C(=N\O)CC[C@]3(C)[C@H]1CC2. The summed E-state index contributed by atoms with van der Waals surface area (Å²) in [6, 6.07) is 0. The van der Waals surface area contributed by atoms with Crippen LogP contribution in [0.1, 0.15) is 78.1 Å². The number of hydrogen-bond donors (Lipinski definition) is 1. The summed E-state index contributed by atoms with van der Waals surface area (Å²) in [7, 11) is 0. The van der Waals surface area contributed by atoms with Gasteiger partial charge in [-0.2, -0.15) is 0 Å². The molecule has 21 heavy (non-hydrogen) atoms. The van der Waals surface area contributed by atoms with Gasteiger partial charge in [0.2, 0.25) is 0 Å². The van der Waals surface area contributed by atoms with Gasteiger partial charge in [-0.1, -0.05) is 25.4 Å². The van der Waals surface area contributed by atoms with E-state index in [0.717, 1.165) is 42.2 Å².